The van der Waals surface area contributed by atoms with Crippen LogP contribution in [-0.2, 0) is 15.1 Å². The lowest BCUT2D eigenvalue weighted by Crippen LogP contribution is -2.45. The van der Waals surface area contributed by atoms with Crippen LogP contribution in [0.2, 0.25) is 5.28 Å². The first-order valence-corrected chi connectivity index (χ1v) is 6.93. The number of hydrogen-bond donors (Lipinski definition) is 0. The summed E-state index contributed by atoms with van der Waals surface area (Å²) in [5.74, 6) is 0.154. The van der Waals surface area contributed by atoms with Crippen LogP contribution < -0.4 is 4.90 Å². The quantitative estimate of drug-likeness (QED) is 0.581. The van der Waals surface area contributed by atoms with Gasteiger partial charge in [-0.1, -0.05) is 0 Å². The van der Waals surface area contributed by atoms with Crippen molar-refractivity contribution < 1.29 is 14.3 Å². The zero-order valence-electron chi connectivity index (χ0n) is 11.6. The molecule has 3 rings (SSSR count). The summed E-state index contributed by atoms with van der Waals surface area (Å²) in [7, 11) is 0. The van der Waals surface area contributed by atoms with Crippen molar-refractivity contribution in [3.05, 3.63) is 16.5 Å². The van der Waals surface area contributed by atoms with Gasteiger partial charge in [0.15, 0.2) is 0 Å². The number of esters is 1. The van der Waals surface area contributed by atoms with Crippen LogP contribution in [-0.4, -0.2) is 41.7 Å². The van der Waals surface area contributed by atoms with E-state index in [2.05, 4.69) is 9.97 Å². The molecule has 3 heterocycles. The number of cyclic esters (lactones) is 1. The van der Waals surface area contributed by atoms with Crippen molar-refractivity contribution >= 4 is 23.4 Å². The first kappa shape index (κ1) is 13.6. The number of nitrogens with zero attached hydrogens (tertiary/aromatic N) is 3. The van der Waals surface area contributed by atoms with Gasteiger partial charge < -0.3 is 14.4 Å². The van der Waals surface area contributed by atoms with E-state index in [0.717, 1.165) is 0 Å². The molecule has 1 unspecified atom stereocenters. The zero-order chi connectivity index (χ0) is 14.5. The Labute approximate surface area is 122 Å². The molecule has 1 atom stereocenters. The molecule has 1 saturated heterocycles. The third-order valence-corrected chi connectivity index (χ3v) is 3.79. The summed E-state index contributed by atoms with van der Waals surface area (Å²) in [5.41, 5.74) is 0.202. The average molecular weight is 298 g/mol. The molecule has 0 N–H and O–H groups in total. The standard InChI is InChI=1S/C13H16ClN3O3/c1-7-6-19-5-4-17(7)10-8-9(15-12(14)16-10)13(2,3)20-11(8)18/h7H,4-6H2,1-3H3. The molecule has 0 aliphatic carbocycles. The molecule has 7 heteroatoms. The fourth-order valence-corrected chi connectivity index (χ4v) is 2.79. The van der Waals surface area contributed by atoms with Crippen LogP contribution in [0.4, 0.5) is 5.82 Å². The summed E-state index contributed by atoms with van der Waals surface area (Å²) in [6.45, 7) is 7.47. The molecule has 0 radical (unpaired) electrons. The Kier molecular flexibility index (Phi) is 3.10. The van der Waals surface area contributed by atoms with Gasteiger partial charge in [0, 0.05) is 6.54 Å². The molecular weight excluding hydrogens is 282 g/mol. The Morgan fingerprint density at radius 1 is 1.40 bits per heavy atom. The number of morpholine rings is 1. The van der Waals surface area contributed by atoms with Crippen LogP contribution in [0, 0.1) is 0 Å². The van der Waals surface area contributed by atoms with Crippen molar-refractivity contribution in [1.29, 1.82) is 0 Å². The molecule has 1 aromatic rings. The van der Waals surface area contributed by atoms with Gasteiger partial charge in [0.25, 0.3) is 0 Å². The maximum absolute atomic E-state index is 12.2. The second-order valence-electron chi connectivity index (χ2n) is 5.56. The minimum absolute atomic E-state index is 0.121. The Balaban J connectivity index is 2.15. The second-order valence-corrected chi connectivity index (χ2v) is 5.90. The van der Waals surface area contributed by atoms with Gasteiger partial charge in [0.1, 0.15) is 22.7 Å². The smallest absolute Gasteiger partial charge is 0.344 e. The molecule has 20 heavy (non-hydrogen) atoms. The predicted molar refractivity (Wildman–Crippen MR) is 73.1 cm³/mol. The summed E-state index contributed by atoms with van der Waals surface area (Å²) in [4.78, 5) is 22.6. The van der Waals surface area contributed by atoms with Crippen LogP contribution in [0.1, 0.15) is 36.8 Å². The van der Waals surface area contributed by atoms with Gasteiger partial charge >= 0.3 is 5.97 Å². The molecule has 1 fully saturated rings. The third-order valence-electron chi connectivity index (χ3n) is 3.62. The number of halogens is 1. The van der Waals surface area contributed by atoms with Crippen molar-refractivity contribution in [3.63, 3.8) is 0 Å². The van der Waals surface area contributed by atoms with E-state index in [-0.39, 0.29) is 11.3 Å². The number of carbonyl (C=O) groups excluding carboxylic acids is 1. The molecule has 0 amide bonds. The van der Waals surface area contributed by atoms with Crippen LogP contribution in [0.25, 0.3) is 0 Å². The lowest BCUT2D eigenvalue weighted by atomic mass is 10.0. The fraction of sp³-hybridized carbons (Fsp3) is 0.615. The summed E-state index contributed by atoms with van der Waals surface area (Å²) in [6.07, 6.45) is 0. The topological polar surface area (TPSA) is 64.5 Å². The van der Waals surface area contributed by atoms with Crippen molar-refractivity contribution in [2.75, 3.05) is 24.7 Å². The molecule has 108 valence electrons. The summed E-state index contributed by atoms with van der Waals surface area (Å²) in [6, 6.07) is 0.121. The molecule has 0 spiro atoms. The fourth-order valence-electron chi connectivity index (χ4n) is 2.63. The maximum atomic E-state index is 12.2. The lowest BCUT2D eigenvalue weighted by molar-refractivity contribution is 0.00832. The first-order chi connectivity index (χ1) is 9.40. The van der Waals surface area contributed by atoms with Gasteiger partial charge in [-0.3, -0.25) is 0 Å². The highest BCUT2D eigenvalue weighted by Gasteiger charge is 2.44. The SMILES string of the molecule is CC1COCCN1c1nc(Cl)nc2c1C(=O)OC2(C)C. The highest BCUT2D eigenvalue weighted by atomic mass is 35.5. The number of rotatable bonds is 1. The third kappa shape index (κ3) is 2.03. The zero-order valence-corrected chi connectivity index (χ0v) is 12.4. The number of hydrogen-bond acceptors (Lipinski definition) is 6. The predicted octanol–water partition coefficient (Wildman–Crippen LogP) is 1.76. The molecule has 0 saturated carbocycles. The van der Waals surface area contributed by atoms with Gasteiger partial charge in [-0.25, -0.2) is 9.78 Å². The van der Waals surface area contributed by atoms with Gasteiger partial charge in [0.2, 0.25) is 5.28 Å². The lowest BCUT2D eigenvalue weighted by Gasteiger charge is -2.34. The molecule has 2 aliphatic rings. The van der Waals surface area contributed by atoms with Gasteiger partial charge in [0.05, 0.1) is 19.3 Å². The molecule has 0 bridgehead atoms. The second kappa shape index (κ2) is 4.56. The number of ether oxygens (including phenoxy) is 2. The van der Waals surface area contributed by atoms with E-state index in [1.165, 1.54) is 0 Å². The van der Waals surface area contributed by atoms with Crippen LogP contribution in [0.3, 0.4) is 0 Å². The van der Waals surface area contributed by atoms with Crippen molar-refractivity contribution in [2.45, 2.75) is 32.4 Å². The Morgan fingerprint density at radius 3 is 2.85 bits per heavy atom. The molecule has 0 aromatic carbocycles. The average Bonchev–Trinajstić information content (AvgIpc) is 2.59. The van der Waals surface area contributed by atoms with Crippen molar-refractivity contribution in [1.82, 2.24) is 9.97 Å². The van der Waals surface area contributed by atoms with Crippen LogP contribution in [0.5, 0.6) is 0 Å². The number of fused-ring (bicyclic) bond motifs is 1. The van der Waals surface area contributed by atoms with E-state index in [1.807, 2.05) is 11.8 Å². The maximum Gasteiger partial charge on any atom is 0.344 e. The van der Waals surface area contributed by atoms with Crippen LogP contribution in [0.15, 0.2) is 0 Å². The molecule has 6 nitrogen and oxygen atoms in total. The first-order valence-electron chi connectivity index (χ1n) is 6.56. The number of carbonyl (C=O) groups is 1. The van der Waals surface area contributed by atoms with E-state index in [4.69, 9.17) is 21.1 Å². The summed E-state index contributed by atoms with van der Waals surface area (Å²) in [5, 5.41) is 0.129. The number of aromatic nitrogens is 2. The minimum atomic E-state index is -0.775. The number of anilines is 1. The monoisotopic (exact) mass is 297 g/mol. The van der Waals surface area contributed by atoms with Gasteiger partial charge in [-0.2, -0.15) is 4.98 Å². The van der Waals surface area contributed by atoms with E-state index < -0.39 is 11.6 Å². The summed E-state index contributed by atoms with van der Waals surface area (Å²) < 4.78 is 10.8. The summed E-state index contributed by atoms with van der Waals surface area (Å²) >= 11 is 6.02. The van der Waals surface area contributed by atoms with E-state index in [9.17, 15) is 4.79 Å². The van der Waals surface area contributed by atoms with Gasteiger partial charge in [-0.05, 0) is 32.4 Å². The largest absolute Gasteiger partial charge is 0.449 e. The highest BCUT2D eigenvalue weighted by molar-refractivity contribution is 6.28. The molecule has 1 aromatic heterocycles. The van der Waals surface area contributed by atoms with Crippen molar-refractivity contribution in [3.8, 4) is 0 Å². The van der Waals surface area contributed by atoms with Gasteiger partial charge in [-0.15, -0.1) is 0 Å². The Morgan fingerprint density at radius 2 is 2.15 bits per heavy atom. The molecule has 2 aliphatic heterocycles. The Bertz CT molecular complexity index is 576. The molecular formula is C13H16ClN3O3. The minimum Gasteiger partial charge on any atom is -0.449 e. The normalized spacial score (nSPS) is 24.5. The van der Waals surface area contributed by atoms with E-state index >= 15 is 0 Å². The van der Waals surface area contributed by atoms with Crippen LogP contribution >= 0.6 is 11.6 Å². The van der Waals surface area contributed by atoms with E-state index in [0.29, 0.717) is 36.8 Å². The van der Waals surface area contributed by atoms with E-state index in [1.54, 1.807) is 13.8 Å². The Hall–Kier alpha value is -1.40. The van der Waals surface area contributed by atoms with Crippen molar-refractivity contribution in [2.24, 2.45) is 0 Å². The highest BCUT2D eigenvalue weighted by Crippen LogP contribution is 2.39.